The summed E-state index contributed by atoms with van der Waals surface area (Å²) >= 11 is 0. The molecule has 19 heavy (non-hydrogen) atoms. The van der Waals surface area contributed by atoms with Crippen molar-refractivity contribution >= 4 is 11.6 Å². The smallest absolute Gasteiger partial charge is 0.134 e. The zero-order valence-electron chi connectivity index (χ0n) is 13.0. The first kappa shape index (κ1) is 15.7. The summed E-state index contributed by atoms with van der Waals surface area (Å²) in [4.78, 5) is 11.3. The van der Waals surface area contributed by atoms with Gasteiger partial charge in [-0.25, -0.2) is 9.97 Å². The molecule has 0 aromatic carbocycles. The summed E-state index contributed by atoms with van der Waals surface area (Å²) in [5, 5.41) is 6.73. The highest BCUT2D eigenvalue weighted by molar-refractivity contribution is 5.57. The lowest BCUT2D eigenvalue weighted by Crippen LogP contribution is -2.32. The molecule has 1 rings (SSSR count). The Bertz CT molecular complexity index is 403. The fourth-order valence-electron chi connectivity index (χ4n) is 1.66. The molecule has 0 amide bonds. The number of likely N-dealkylation sites (N-methyl/N-ethyl adjacent to an activating group) is 1. The summed E-state index contributed by atoms with van der Waals surface area (Å²) in [7, 11) is 4.17. The Morgan fingerprint density at radius 2 is 1.68 bits per heavy atom. The lowest BCUT2D eigenvalue weighted by molar-refractivity contribution is 0.326. The molecular formula is C14H27N5. The molecule has 0 aliphatic carbocycles. The number of aromatic nitrogens is 2. The van der Waals surface area contributed by atoms with Crippen LogP contribution in [0.15, 0.2) is 0 Å². The van der Waals surface area contributed by atoms with Gasteiger partial charge in [0.1, 0.15) is 17.5 Å². The van der Waals surface area contributed by atoms with Crippen molar-refractivity contribution in [3.63, 3.8) is 0 Å². The summed E-state index contributed by atoms with van der Waals surface area (Å²) in [6, 6.07) is 0.460. The molecule has 0 aliphatic rings. The Kier molecular flexibility index (Phi) is 6.02. The van der Waals surface area contributed by atoms with Gasteiger partial charge in [-0.3, -0.25) is 0 Å². The maximum atomic E-state index is 4.58. The number of rotatable bonds is 7. The Morgan fingerprint density at radius 1 is 1.11 bits per heavy atom. The number of nitrogens with one attached hydrogen (secondary N) is 2. The molecule has 5 nitrogen and oxygen atoms in total. The van der Waals surface area contributed by atoms with Gasteiger partial charge in [-0.1, -0.05) is 6.92 Å². The van der Waals surface area contributed by atoms with E-state index in [9.17, 15) is 0 Å². The van der Waals surface area contributed by atoms with Crippen LogP contribution in [0.1, 0.15) is 32.2 Å². The highest BCUT2D eigenvalue weighted by atomic mass is 15.1. The lowest BCUT2D eigenvalue weighted by Gasteiger charge is -2.21. The number of aryl methyl sites for hydroxylation is 1. The third-order valence-corrected chi connectivity index (χ3v) is 3.30. The van der Waals surface area contributed by atoms with Gasteiger partial charge < -0.3 is 15.5 Å². The van der Waals surface area contributed by atoms with Gasteiger partial charge in [-0.05, 0) is 34.9 Å². The standard InChI is InChI=1S/C14H27N5/c1-7-12-17-13(15-8-2)11(4)14(18-12)16-9-10(3)19(5)6/h10H,7-9H2,1-6H3,(H2,15,16,17,18). The van der Waals surface area contributed by atoms with Crippen molar-refractivity contribution in [2.24, 2.45) is 0 Å². The SMILES string of the molecule is CCNc1nc(CC)nc(NCC(C)N(C)C)c1C. The van der Waals surface area contributed by atoms with Crippen LogP contribution >= 0.6 is 0 Å². The van der Waals surface area contributed by atoms with Crippen LogP contribution in [0.3, 0.4) is 0 Å². The van der Waals surface area contributed by atoms with Gasteiger partial charge in [-0.2, -0.15) is 0 Å². The minimum atomic E-state index is 0.460. The molecule has 1 heterocycles. The number of nitrogens with zero attached hydrogens (tertiary/aromatic N) is 3. The maximum absolute atomic E-state index is 4.58. The largest absolute Gasteiger partial charge is 0.370 e. The minimum Gasteiger partial charge on any atom is -0.370 e. The van der Waals surface area contributed by atoms with Gasteiger partial charge in [0.15, 0.2) is 0 Å². The predicted molar refractivity (Wildman–Crippen MR) is 81.9 cm³/mol. The van der Waals surface area contributed by atoms with Crippen molar-refractivity contribution in [1.82, 2.24) is 14.9 Å². The molecule has 0 spiro atoms. The second-order valence-electron chi connectivity index (χ2n) is 5.04. The van der Waals surface area contributed by atoms with E-state index < -0.39 is 0 Å². The molecule has 1 unspecified atom stereocenters. The quantitative estimate of drug-likeness (QED) is 0.791. The molecule has 0 fully saturated rings. The average molecular weight is 265 g/mol. The molecular weight excluding hydrogens is 238 g/mol. The minimum absolute atomic E-state index is 0.460. The zero-order chi connectivity index (χ0) is 14.4. The van der Waals surface area contributed by atoms with Crippen molar-refractivity contribution in [3.05, 3.63) is 11.4 Å². The first-order chi connectivity index (χ1) is 8.99. The van der Waals surface area contributed by atoms with Gasteiger partial charge in [-0.15, -0.1) is 0 Å². The third kappa shape index (κ3) is 4.35. The summed E-state index contributed by atoms with van der Waals surface area (Å²) in [5.41, 5.74) is 1.09. The average Bonchev–Trinajstić information content (AvgIpc) is 2.39. The highest BCUT2D eigenvalue weighted by Gasteiger charge is 2.11. The third-order valence-electron chi connectivity index (χ3n) is 3.30. The van der Waals surface area contributed by atoms with E-state index in [0.717, 1.165) is 42.5 Å². The Labute approximate surface area is 116 Å². The van der Waals surface area contributed by atoms with Crippen LogP contribution in [-0.4, -0.2) is 48.1 Å². The van der Waals surface area contributed by atoms with Gasteiger partial charge in [0.2, 0.25) is 0 Å². The van der Waals surface area contributed by atoms with Crippen LogP contribution in [0.2, 0.25) is 0 Å². The van der Waals surface area contributed by atoms with Crippen molar-refractivity contribution < 1.29 is 0 Å². The summed E-state index contributed by atoms with van der Waals surface area (Å²) < 4.78 is 0. The zero-order valence-corrected chi connectivity index (χ0v) is 13.0. The van der Waals surface area contributed by atoms with Crippen LogP contribution in [0.4, 0.5) is 11.6 Å². The van der Waals surface area contributed by atoms with Gasteiger partial charge in [0.05, 0.1) is 0 Å². The van der Waals surface area contributed by atoms with E-state index in [-0.39, 0.29) is 0 Å². The normalized spacial score (nSPS) is 12.6. The molecule has 0 radical (unpaired) electrons. The topological polar surface area (TPSA) is 53.1 Å². The number of hydrogen-bond acceptors (Lipinski definition) is 5. The van der Waals surface area contributed by atoms with Crippen molar-refractivity contribution in [2.45, 2.75) is 40.2 Å². The van der Waals surface area contributed by atoms with Gasteiger partial charge >= 0.3 is 0 Å². The molecule has 1 aromatic rings. The first-order valence-electron chi connectivity index (χ1n) is 7.01. The van der Waals surface area contributed by atoms with Crippen LogP contribution in [0.25, 0.3) is 0 Å². The fraction of sp³-hybridized carbons (Fsp3) is 0.714. The van der Waals surface area contributed by atoms with E-state index in [1.165, 1.54) is 0 Å². The molecule has 5 heteroatoms. The summed E-state index contributed by atoms with van der Waals surface area (Å²) in [6.45, 7) is 10.1. The molecule has 0 saturated heterocycles. The molecule has 2 N–H and O–H groups in total. The monoisotopic (exact) mass is 265 g/mol. The fourth-order valence-corrected chi connectivity index (χ4v) is 1.66. The molecule has 0 aliphatic heterocycles. The van der Waals surface area contributed by atoms with Gasteiger partial charge in [0.25, 0.3) is 0 Å². The molecule has 108 valence electrons. The molecule has 1 atom stereocenters. The van der Waals surface area contributed by atoms with Crippen molar-refractivity contribution in [3.8, 4) is 0 Å². The predicted octanol–water partition coefficient (Wildman–Crippen LogP) is 2.14. The molecule has 0 saturated carbocycles. The Morgan fingerprint density at radius 3 is 2.16 bits per heavy atom. The van der Waals surface area contributed by atoms with Gasteiger partial charge in [0, 0.05) is 31.1 Å². The van der Waals surface area contributed by atoms with E-state index in [1.54, 1.807) is 0 Å². The first-order valence-corrected chi connectivity index (χ1v) is 7.01. The second-order valence-corrected chi connectivity index (χ2v) is 5.04. The van der Waals surface area contributed by atoms with E-state index in [2.05, 4.69) is 67.3 Å². The Balaban J connectivity index is 2.89. The number of hydrogen-bond donors (Lipinski definition) is 2. The number of anilines is 2. The van der Waals surface area contributed by atoms with E-state index in [4.69, 9.17) is 0 Å². The van der Waals surface area contributed by atoms with Crippen molar-refractivity contribution in [1.29, 1.82) is 0 Å². The molecule has 1 aromatic heterocycles. The highest BCUT2D eigenvalue weighted by Crippen LogP contribution is 2.20. The van der Waals surface area contributed by atoms with Crippen LogP contribution < -0.4 is 10.6 Å². The van der Waals surface area contributed by atoms with E-state index >= 15 is 0 Å². The van der Waals surface area contributed by atoms with Crippen LogP contribution in [0, 0.1) is 6.92 Å². The van der Waals surface area contributed by atoms with Crippen LogP contribution in [-0.2, 0) is 6.42 Å². The second kappa shape index (κ2) is 7.28. The molecule has 0 bridgehead atoms. The van der Waals surface area contributed by atoms with E-state index in [0.29, 0.717) is 6.04 Å². The Hall–Kier alpha value is -1.36. The van der Waals surface area contributed by atoms with E-state index in [1.807, 2.05) is 0 Å². The lowest BCUT2D eigenvalue weighted by atomic mass is 10.2. The summed E-state index contributed by atoms with van der Waals surface area (Å²) in [6.07, 6.45) is 0.844. The van der Waals surface area contributed by atoms with Crippen LogP contribution in [0.5, 0.6) is 0 Å². The summed E-state index contributed by atoms with van der Waals surface area (Å²) in [5.74, 6) is 2.76. The van der Waals surface area contributed by atoms with Crippen molar-refractivity contribution in [2.75, 3.05) is 37.8 Å². The maximum Gasteiger partial charge on any atom is 0.134 e.